The van der Waals surface area contributed by atoms with Crippen LogP contribution >= 0.6 is 0 Å². The zero-order valence-corrected chi connectivity index (χ0v) is 16.5. The van der Waals surface area contributed by atoms with Gasteiger partial charge in [-0.1, -0.05) is 24.3 Å². The smallest absolute Gasteiger partial charge is 0.251 e. The van der Waals surface area contributed by atoms with Crippen LogP contribution in [0.25, 0.3) is 5.69 Å². The number of benzene rings is 2. The maximum atomic E-state index is 12.5. The molecule has 1 N–H and O–H groups in total. The summed E-state index contributed by atoms with van der Waals surface area (Å²) in [6.45, 7) is 5.18. The highest BCUT2D eigenvalue weighted by atomic mass is 16.1. The number of nitrogens with zero attached hydrogens (tertiary/aromatic N) is 4. The molecule has 2 aromatic heterocycles. The Kier molecular flexibility index (Phi) is 5.24. The Morgan fingerprint density at radius 3 is 2.14 bits per heavy atom. The fourth-order valence-corrected chi connectivity index (χ4v) is 3.24. The molecule has 1 amide bonds. The number of aromatic nitrogens is 4. The lowest BCUT2D eigenvalue weighted by Gasteiger charge is -2.09. The lowest BCUT2D eigenvalue weighted by atomic mass is 10.1. The van der Waals surface area contributed by atoms with Crippen molar-refractivity contribution in [1.29, 1.82) is 0 Å². The highest BCUT2D eigenvalue weighted by molar-refractivity contribution is 5.94. The van der Waals surface area contributed by atoms with Gasteiger partial charge in [-0.05, 0) is 49.2 Å². The molecule has 0 bridgehead atoms. The Balaban J connectivity index is 1.34. The third-order valence-corrected chi connectivity index (χ3v) is 4.99. The molecule has 0 unspecified atom stereocenters. The monoisotopic (exact) mass is 385 g/mol. The maximum Gasteiger partial charge on any atom is 0.251 e. The van der Waals surface area contributed by atoms with E-state index < -0.39 is 0 Å². The first-order valence-corrected chi connectivity index (χ1v) is 9.54. The van der Waals surface area contributed by atoms with Crippen LogP contribution in [-0.4, -0.2) is 25.0 Å². The van der Waals surface area contributed by atoms with Gasteiger partial charge in [0.25, 0.3) is 5.91 Å². The number of imidazole rings is 2. The van der Waals surface area contributed by atoms with Crippen LogP contribution in [0.1, 0.15) is 33.1 Å². The number of rotatable bonds is 6. The van der Waals surface area contributed by atoms with Gasteiger partial charge in [0.05, 0.1) is 0 Å². The summed E-state index contributed by atoms with van der Waals surface area (Å²) in [5.74, 6) is 1.84. The van der Waals surface area contributed by atoms with E-state index in [1.165, 1.54) is 0 Å². The highest BCUT2D eigenvalue weighted by Gasteiger charge is 2.07. The summed E-state index contributed by atoms with van der Waals surface area (Å²) in [4.78, 5) is 20.9. The predicted molar refractivity (Wildman–Crippen MR) is 112 cm³/mol. The van der Waals surface area contributed by atoms with Gasteiger partial charge in [0.1, 0.15) is 11.6 Å². The standard InChI is InChI=1S/C23H23N5O/c1-17-24-11-13-27(17)16-20-3-7-21(8-4-20)23(29)26-15-19-5-9-22(10-6-19)28-14-12-25-18(28)2/h3-14H,15-16H2,1-2H3,(H,26,29). The summed E-state index contributed by atoms with van der Waals surface area (Å²) >= 11 is 0. The maximum absolute atomic E-state index is 12.5. The minimum absolute atomic E-state index is 0.0788. The van der Waals surface area contributed by atoms with Crippen molar-refractivity contribution in [3.8, 4) is 5.69 Å². The highest BCUT2D eigenvalue weighted by Crippen LogP contribution is 2.12. The second-order valence-corrected chi connectivity index (χ2v) is 6.99. The van der Waals surface area contributed by atoms with Crippen molar-refractivity contribution in [3.63, 3.8) is 0 Å². The summed E-state index contributed by atoms with van der Waals surface area (Å²) in [6, 6.07) is 15.8. The summed E-state index contributed by atoms with van der Waals surface area (Å²) in [5.41, 5.74) is 3.89. The van der Waals surface area contributed by atoms with Gasteiger partial charge < -0.3 is 14.5 Å². The summed E-state index contributed by atoms with van der Waals surface area (Å²) < 4.78 is 4.10. The van der Waals surface area contributed by atoms with Crippen molar-refractivity contribution in [2.45, 2.75) is 26.9 Å². The van der Waals surface area contributed by atoms with Crippen molar-refractivity contribution >= 4 is 5.91 Å². The molecule has 6 heteroatoms. The second-order valence-electron chi connectivity index (χ2n) is 6.99. The van der Waals surface area contributed by atoms with Crippen LogP contribution < -0.4 is 5.32 Å². The molecule has 2 heterocycles. The van der Waals surface area contributed by atoms with Crippen LogP contribution in [0.4, 0.5) is 0 Å². The van der Waals surface area contributed by atoms with E-state index in [1.54, 1.807) is 12.4 Å². The van der Waals surface area contributed by atoms with Gasteiger partial charge in [0.15, 0.2) is 0 Å². The summed E-state index contributed by atoms with van der Waals surface area (Å²) in [6.07, 6.45) is 7.46. The first-order valence-electron chi connectivity index (χ1n) is 9.54. The molecule has 4 aromatic rings. The molecule has 0 fully saturated rings. The molecule has 2 aromatic carbocycles. The predicted octanol–water partition coefficient (Wildman–Crippen LogP) is 3.66. The quantitative estimate of drug-likeness (QED) is 0.551. The SMILES string of the molecule is Cc1nccn1Cc1ccc(C(=O)NCc2ccc(-n3ccnc3C)cc2)cc1. The van der Waals surface area contributed by atoms with Crippen molar-refractivity contribution in [3.05, 3.63) is 102 Å². The van der Waals surface area contributed by atoms with Gasteiger partial charge in [-0.15, -0.1) is 0 Å². The molecular weight excluding hydrogens is 362 g/mol. The Labute approximate surface area is 169 Å². The Bertz CT molecular complexity index is 1110. The van der Waals surface area contributed by atoms with Crippen LogP contribution in [0.2, 0.25) is 0 Å². The number of carbonyl (C=O) groups excluding carboxylic acids is 1. The van der Waals surface area contributed by atoms with E-state index in [4.69, 9.17) is 0 Å². The average molecular weight is 385 g/mol. The molecule has 6 nitrogen and oxygen atoms in total. The average Bonchev–Trinajstić information content (AvgIpc) is 3.35. The lowest BCUT2D eigenvalue weighted by Crippen LogP contribution is -2.22. The van der Waals surface area contributed by atoms with Gasteiger partial charge in [0, 0.05) is 49.1 Å². The number of hydrogen-bond donors (Lipinski definition) is 1. The minimum atomic E-state index is -0.0788. The molecule has 0 spiro atoms. The molecule has 0 aliphatic heterocycles. The zero-order valence-electron chi connectivity index (χ0n) is 16.5. The Morgan fingerprint density at radius 1 is 0.862 bits per heavy atom. The fraction of sp³-hybridized carbons (Fsp3) is 0.174. The second kappa shape index (κ2) is 8.14. The summed E-state index contributed by atoms with van der Waals surface area (Å²) in [7, 11) is 0. The van der Waals surface area contributed by atoms with Crippen LogP contribution in [0, 0.1) is 13.8 Å². The summed E-state index contributed by atoms with van der Waals surface area (Å²) in [5, 5.41) is 2.98. The molecule has 0 saturated carbocycles. The first-order chi connectivity index (χ1) is 14.1. The molecule has 146 valence electrons. The molecule has 0 aliphatic rings. The lowest BCUT2D eigenvalue weighted by molar-refractivity contribution is 0.0951. The van der Waals surface area contributed by atoms with E-state index in [0.717, 1.165) is 35.0 Å². The van der Waals surface area contributed by atoms with Gasteiger partial charge in [-0.3, -0.25) is 4.79 Å². The zero-order chi connectivity index (χ0) is 20.2. The van der Waals surface area contributed by atoms with E-state index >= 15 is 0 Å². The van der Waals surface area contributed by atoms with Gasteiger partial charge in [0.2, 0.25) is 0 Å². The Morgan fingerprint density at radius 2 is 1.52 bits per heavy atom. The van der Waals surface area contributed by atoms with Crippen molar-refractivity contribution in [2.24, 2.45) is 0 Å². The van der Waals surface area contributed by atoms with Crippen molar-refractivity contribution in [2.75, 3.05) is 0 Å². The van der Waals surface area contributed by atoms with Crippen LogP contribution in [0.3, 0.4) is 0 Å². The number of hydrogen-bond acceptors (Lipinski definition) is 3. The van der Waals surface area contributed by atoms with Crippen LogP contribution in [0.5, 0.6) is 0 Å². The van der Waals surface area contributed by atoms with Gasteiger partial charge in [-0.25, -0.2) is 9.97 Å². The minimum Gasteiger partial charge on any atom is -0.348 e. The van der Waals surface area contributed by atoms with Crippen molar-refractivity contribution in [1.82, 2.24) is 24.4 Å². The van der Waals surface area contributed by atoms with Crippen LogP contribution in [0.15, 0.2) is 73.3 Å². The third kappa shape index (κ3) is 4.27. The number of carbonyl (C=O) groups is 1. The van der Waals surface area contributed by atoms with E-state index in [0.29, 0.717) is 12.1 Å². The topological polar surface area (TPSA) is 64.7 Å². The Hall–Kier alpha value is -3.67. The molecule has 29 heavy (non-hydrogen) atoms. The molecule has 0 radical (unpaired) electrons. The van der Waals surface area contributed by atoms with E-state index in [9.17, 15) is 4.79 Å². The van der Waals surface area contributed by atoms with E-state index in [-0.39, 0.29) is 5.91 Å². The molecule has 0 atom stereocenters. The van der Waals surface area contributed by atoms with Gasteiger partial charge >= 0.3 is 0 Å². The van der Waals surface area contributed by atoms with Crippen LogP contribution in [-0.2, 0) is 13.1 Å². The number of amides is 1. The fourth-order valence-electron chi connectivity index (χ4n) is 3.24. The van der Waals surface area contributed by atoms with E-state index in [2.05, 4.69) is 19.9 Å². The molecular formula is C23H23N5O. The normalized spacial score (nSPS) is 10.8. The number of nitrogens with one attached hydrogen (secondary N) is 1. The van der Waals surface area contributed by atoms with Gasteiger partial charge in [-0.2, -0.15) is 0 Å². The van der Waals surface area contributed by atoms with Crippen molar-refractivity contribution < 1.29 is 4.79 Å². The first kappa shape index (κ1) is 18.7. The largest absolute Gasteiger partial charge is 0.348 e. The van der Waals surface area contributed by atoms with E-state index in [1.807, 2.05) is 79.3 Å². The number of aryl methyl sites for hydroxylation is 2. The molecule has 0 aliphatic carbocycles. The molecule has 0 saturated heterocycles. The molecule has 4 rings (SSSR count). The third-order valence-electron chi connectivity index (χ3n) is 4.99.